The maximum Gasteiger partial charge on any atom is 0.264 e. The van der Waals surface area contributed by atoms with Crippen LogP contribution in [0.4, 0.5) is 17.1 Å². The molecule has 0 radical (unpaired) electrons. The van der Waals surface area contributed by atoms with Gasteiger partial charge in [0.05, 0.1) is 17.2 Å². The summed E-state index contributed by atoms with van der Waals surface area (Å²) in [6, 6.07) is 19.1. The molecule has 0 aromatic heterocycles. The number of benzene rings is 3. The lowest BCUT2D eigenvalue weighted by molar-refractivity contribution is -0.117. The molecule has 0 unspecified atom stereocenters. The van der Waals surface area contributed by atoms with Crippen molar-refractivity contribution in [3.8, 4) is 5.75 Å². The van der Waals surface area contributed by atoms with E-state index in [1.807, 2.05) is 6.92 Å². The first-order chi connectivity index (χ1) is 17.3. The van der Waals surface area contributed by atoms with Crippen molar-refractivity contribution in [2.75, 3.05) is 34.2 Å². The number of nitrogens with one attached hydrogen (secondary N) is 1. The van der Waals surface area contributed by atoms with Crippen LogP contribution in [0.2, 0.25) is 5.02 Å². The van der Waals surface area contributed by atoms with Crippen LogP contribution in [-0.4, -0.2) is 39.9 Å². The lowest BCUT2D eigenvalue weighted by atomic mass is 10.2. The molecule has 1 saturated heterocycles. The molecule has 2 amide bonds. The zero-order valence-electron chi connectivity index (χ0n) is 19.7. The highest BCUT2D eigenvalue weighted by atomic mass is 35.5. The van der Waals surface area contributed by atoms with Crippen molar-refractivity contribution >= 4 is 50.5 Å². The quantitative estimate of drug-likeness (QED) is 0.435. The number of rotatable bonds is 9. The van der Waals surface area contributed by atoms with Crippen molar-refractivity contribution in [3.05, 3.63) is 77.8 Å². The maximum atomic E-state index is 13.5. The normalized spacial score (nSPS) is 13.5. The Morgan fingerprint density at radius 3 is 2.28 bits per heavy atom. The Hall–Kier alpha value is -3.56. The Labute approximate surface area is 215 Å². The molecule has 1 heterocycles. The average Bonchev–Trinajstić information content (AvgIpc) is 3.30. The van der Waals surface area contributed by atoms with Crippen molar-refractivity contribution in [2.24, 2.45) is 0 Å². The van der Waals surface area contributed by atoms with Crippen LogP contribution in [0.15, 0.2) is 77.7 Å². The van der Waals surface area contributed by atoms with E-state index < -0.39 is 22.5 Å². The molecule has 188 valence electrons. The second-order valence-electron chi connectivity index (χ2n) is 8.14. The monoisotopic (exact) mass is 527 g/mol. The summed E-state index contributed by atoms with van der Waals surface area (Å²) in [5, 5.41) is 3.14. The predicted octanol–water partition coefficient (Wildman–Crippen LogP) is 4.70. The lowest BCUT2D eigenvalue weighted by Gasteiger charge is -2.24. The fraction of sp³-hybridized carbons (Fsp3) is 0.231. The highest BCUT2D eigenvalue weighted by Crippen LogP contribution is 2.27. The summed E-state index contributed by atoms with van der Waals surface area (Å²) >= 11 is 5.93. The van der Waals surface area contributed by atoms with Crippen LogP contribution in [0.25, 0.3) is 0 Å². The standard InChI is InChI=1S/C26H26ClN3O5S/c1-2-35-23-13-11-22(12-14-23)30(36(33,34)24-15-5-19(27)6-16-24)18-25(31)28-20-7-9-21(10-8-20)29-17-3-4-26(29)32/h5-16H,2-4,17-18H2,1H3,(H,28,31). The number of hydrogen-bond acceptors (Lipinski definition) is 5. The Bertz CT molecular complexity index is 1330. The number of nitrogens with zero attached hydrogens (tertiary/aromatic N) is 2. The van der Waals surface area contributed by atoms with E-state index in [-0.39, 0.29) is 10.8 Å². The van der Waals surface area contributed by atoms with Crippen molar-refractivity contribution in [1.29, 1.82) is 0 Å². The van der Waals surface area contributed by atoms with Crippen molar-refractivity contribution in [1.82, 2.24) is 0 Å². The van der Waals surface area contributed by atoms with Crippen LogP contribution in [-0.2, 0) is 19.6 Å². The summed E-state index contributed by atoms with van der Waals surface area (Å²) in [6.07, 6.45) is 1.35. The molecule has 4 rings (SSSR count). The third-order valence-corrected chi connectivity index (χ3v) is 7.70. The Morgan fingerprint density at radius 1 is 1.03 bits per heavy atom. The average molecular weight is 528 g/mol. The molecule has 0 bridgehead atoms. The minimum absolute atomic E-state index is 0.00761. The topological polar surface area (TPSA) is 96.0 Å². The first-order valence-corrected chi connectivity index (χ1v) is 13.3. The first kappa shape index (κ1) is 25.5. The van der Waals surface area contributed by atoms with Gasteiger partial charge in [0.25, 0.3) is 10.0 Å². The molecular weight excluding hydrogens is 502 g/mol. The molecule has 8 nitrogen and oxygen atoms in total. The van der Waals surface area contributed by atoms with Gasteiger partial charge in [-0.3, -0.25) is 13.9 Å². The molecule has 0 spiro atoms. The molecule has 3 aromatic rings. The van der Waals surface area contributed by atoms with Gasteiger partial charge in [-0.05, 0) is 86.1 Å². The van der Waals surface area contributed by atoms with Gasteiger partial charge < -0.3 is 15.0 Å². The highest BCUT2D eigenvalue weighted by molar-refractivity contribution is 7.92. The van der Waals surface area contributed by atoms with Crippen LogP contribution in [0.1, 0.15) is 19.8 Å². The van der Waals surface area contributed by atoms with Crippen molar-refractivity contribution in [2.45, 2.75) is 24.7 Å². The van der Waals surface area contributed by atoms with Gasteiger partial charge >= 0.3 is 0 Å². The minimum atomic E-state index is -4.08. The Balaban J connectivity index is 1.56. The molecular formula is C26H26ClN3O5S. The molecule has 0 atom stereocenters. The molecule has 1 aliphatic rings. The molecule has 36 heavy (non-hydrogen) atoms. The number of hydrogen-bond donors (Lipinski definition) is 1. The largest absolute Gasteiger partial charge is 0.494 e. The number of amides is 2. The zero-order valence-corrected chi connectivity index (χ0v) is 21.3. The van der Waals surface area contributed by atoms with E-state index in [1.54, 1.807) is 53.4 Å². The third-order valence-electron chi connectivity index (χ3n) is 5.66. The summed E-state index contributed by atoms with van der Waals surface area (Å²) in [6.45, 7) is 2.54. The summed E-state index contributed by atoms with van der Waals surface area (Å²) in [4.78, 5) is 26.6. The van der Waals surface area contributed by atoms with Gasteiger partial charge in [-0.25, -0.2) is 8.42 Å². The van der Waals surface area contributed by atoms with Crippen LogP contribution in [0, 0.1) is 0 Å². The number of anilines is 3. The van der Waals surface area contributed by atoms with Crippen molar-refractivity contribution in [3.63, 3.8) is 0 Å². The molecule has 10 heteroatoms. The van der Waals surface area contributed by atoms with Gasteiger partial charge in [0.2, 0.25) is 11.8 Å². The molecule has 1 aliphatic heterocycles. The van der Waals surface area contributed by atoms with Gasteiger partial charge in [0.15, 0.2) is 0 Å². The predicted molar refractivity (Wildman–Crippen MR) is 140 cm³/mol. The summed E-state index contributed by atoms with van der Waals surface area (Å²) in [5.41, 5.74) is 1.56. The maximum absolute atomic E-state index is 13.5. The number of halogens is 1. The summed E-state index contributed by atoms with van der Waals surface area (Å²) in [7, 11) is -4.08. The second-order valence-corrected chi connectivity index (χ2v) is 10.4. The van der Waals surface area contributed by atoms with E-state index in [9.17, 15) is 18.0 Å². The molecule has 3 aromatic carbocycles. The van der Waals surface area contributed by atoms with Crippen LogP contribution < -0.4 is 19.3 Å². The van der Waals surface area contributed by atoms with E-state index in [1.165, 1.54) is 24.3 Å². The fourth-order valence-corrected chi connectivity index (χ4v) is 5.45. The molecule has 0 saturated carbocycles. The molecule has 0 aliphatic carbocycles. The smallest absolute Gasteiger partial charge is 0.264 e. The van der Waals surface area contributed by atoms with Gasteiger partial charge in [-0.1, -0.05) is 11.6 Å². The Kier molecular flexibility index (Phi) is 7.81. The first-order valence-electron chi connectivity index (χ1n) is 11.5. The number of carbonyl (C=O) groups excluding carboxylic acids is 2. The molecule has 1 N–H and O–H groups in total. The Morgan fingerprint density at radius 2 is 1.69 bits per heavy atom. The van der Waals surface area contributed by atoms with Crippen LogP contribution >= 0.6 is 11.6 Å². The van der Waals surface area contributed by atoms with Gasteiger partial charge in [-0.15, -0.1) is 0 Å². The number of sulfonamides is 1. The van der Waals surface area contributed by atoms with E-state index in [2.05, 4.69) is 5.32 Å². The number of ether oxygens (including phenoxy) is 1. The minimum Gasteiger partial charge on any atom is -0.494 e. The number of carbonyl (C=O) groups is 2. The SMILES string of the molecule is CCOc1ccc(N(CC(=O)Nc2ccc(N3CCCC3=O)cc2)S(=O)(=O)c2ccc(Cl)cc2)cc1. The zero-order chi connectivity index (χ0) is 25.7. The van der Waals surface area contributed by atoms with Gasteiger partial charge in [-0.2, -0.15) is 0 Å². The van der Waals surface area contributed by atoms with Crippen molar-refractivity contribution < 1.29 is 22.7 Å². The summed E-state index contributed by atoms with van der Waals surface area (Å²) < 4.78 is 33.5. The lowest BCUT2D eigenvalue weighted by Crippen LogP contribution is -2.38. The third kappa shape index (κ3) is 5.80. The molecule has 1 fully saturated rings. The highest BCUT2D eigenvalue weighted by Gasteiger charge is 2.27. The fourth-order valence-electron chi connectivity index (χ4n) is 3.90. The van der Waals surface area contributed by atoms with Crippen LogP contribution in [0.5, 0.6) is 5.75 Å². The van der Waals surface area contributed by atoms with Crippen LogP contribution in [0.3, 0.4) is 0 Å². The van der Waals surface area contributed by atoms with E-state index in [0.717, 1.165) is 16.4 Å². The van der Waals surface area contributed by atoms with Gasteiger partial charge in [0.1, 0.15) is 12.3 Å². The summed E-state index contributed by atoms with van der Waals surface area (Å²) in [5.74, 6) is 0.141. The second kappa shape index (κ2) is 11.0. The van der Waals surface area contributed by atoms with E-state index in [0.29, 0.717) is 41.7 Å². The van der Waals surface area contributed by atoms with E-state index >= 15 is 0 Å². The van der Waals surface area contributed by atoms with E-state index in [4.69, 9.17) is 16.3 Å². The van der Waals surface area contributed by atoms with Gasteiger partial charge in [0, 0.05) is 29.4 Å².